The van der Waals surface area contributed by atoms with Crippen LogP contribution in [0.15, 0.2) is 115 Å². The van der Waals surface area contributed by atoms with Gasteiger partial charge < -0.3 is 9.97 Å². The van der Waals surface area contributed by atoms with Crippen LogP contribution in [0.2, 0.25) is 0 Å². The van der Waals surface area contributed by atoms with E-state index in [-0.39, 0.29) is 35.4 Å². The van der Waals surface area contributed by atoms with E-state index in [9.17, 15) is 9.59 Å². The molecule has 3 aliphatic heterocycles. The number of nitrogens with zero attached hydrogens (tertiary/aromatic N) is 7. The standard InChI is InChI=1S/C41H23N9O2.Cu/c51-40-29-15-7-8-16-30(29)41(52)50(40)20-21-17-18-28-31(19-21)39-48-37-27-14-6-5-13-26(27)35(46-37)44-33-23-10-2-1-9-22(23)32(42-33)43-34-24-11-3-4-12-25(24)36(45-34)47-38(28)49-39;/h1-19H,20H2,(H2,42,43,44,45,46,47,48,49);. The van der Waals surface area contributed by atoms with E-state index >= 15 is 0 Å². The molecule has 255 valence electrons. The second-order valence-corrected chi connectivity index (χ2v) is 12.9. The third-order valence-electron chi connectivity index (χ3n) is 9.84. The van der Waals surface area contributed by atoms with Gasteiger partial charge in [0.2, 0.25) is 0 Å². The van der Waals surface area contributed by atoms with Crippen LogP contribution in [-0.4, -0.2) is 56.6 Å². The van der Waals surface area contributed by atoms with Crippen molar-refractivity contribution in [2.75, 3.05) is 0 Å². The van der Waals surface area contributed by atoms with Crippen LogP contribution in [0.25, 0.3) is 89.7 Å². The largest absolute Gasteiger partial charge is 0.324 e. The van der Waals surface area contributed by atoms with Crippen molar-refractivity contribution < 1.29 is 26.7 Å². The van der Waals surface area contributed by atoms with Gasteiger partial charge in [-0.25, -0.2) is 29.9 Å². The number of carbonyl (C=O) groups is 2. The maximum atomic E-state index is 13.3. The Morgan fingerprint density at radius 2 is 0.774 bits per heavy atom. The minimum Gasteiger partial charge on any atom is -0.324 e. The van der Waals surface area contributed by atoms with Crippen LogP contribution in [0.5, 0.6) is 0 Å². The molecule has 3 aromatic heterocycles. The summed E-state index contributed by atoms with van der Waals surface area (Å²) < 4.78 is 0. The van der Waals surface area contributed by atoms with Crippen LogP contribution in [0.3, 0.4) is 0 Å². The quantitative estimate of drug-likeness (QED) is 0.136. The second-order valence-electron chi connectivity index (χ2n) is 12.9. The van der Waals surface area contributed by atoms with Crippen molar-refractivity contribution in [3.8, 4) is 45.6 Å². The van der Waals surface area contributed by atoms with E-state index < -0.39 is 0 Å². The van der Waals surface area contributed by atoms with Crippen LogP contribution in [0, 0.1) is 0 Å². The van der Waals surface area contributed by atoms with E-state index in [0.717, 1.165) is 49.4 Å². The minimum absolute atomic E-state index is 0. The van der Waals surface area contributed by atoms with Crippen LogP contribution in [-0.2, 0) is 23.6 Å². The number of fused-ring (bicyclic) bond motifs is 21. The number of benzene rings is 5. The Balaban J connectivity index is 0.00000349. The molecule has 6 heterocycles. The Morgan fingerprint density at radius 3 is 1.21 bits per heavy atom. The van der Waals surface area contributed by atoms with Crippen molar-refractivity contribution in [3.05, 3.63) is 132 Å². The number of imide groups is 1. The first-order valence-electron chi connectivity index (χ1n) is 16.8. The minimum atomic E-state index is -0.311. The zero-order valence-corrected chi connectivity index (χ0v) is 28.4. The van der Waals surface area contributed by atoms with Crippen molar-refractivity contribution in [1.29, 1.82) is 0 Å². The molecule has 0 saturated carbocycles. The molecule has 0 atom stereocenters. The molecule has 0 aliphatic carbocycles. The smallest absolute Gasteiger partial charge is 0.261 e. The molecule has 11 rings (SSSR count). The first-order chi connectivity index (χ1) is 25.6. The number of nitrogens with one attached hydrogen (secondary N) is 2. The van der Waals surface area contributed by atoms with Crippen molar-refractivity contribution in [2.24, 2.45) is 0 Å². The summed E-state index contributed by atoms with van der Waals surface area (Å²) in [5.41, 5.74) is 7.32. The number of hydrogen-bond donors (Lipinski definition) is 2. The van der Waals surface area contributed by atoms with Gasteiger partial charge in [0.1, 0.15) is 22.6 Å². The third-order valence-corrected chi connectivity index (χ3v) is 9.84. The molecule has 0 saturated heterocycles. The molecule has 1 radical (unpaired) electrons. The molecule has 3 aliphatic rings. The van der Waals surface area contributed by atoms with Gasteiger partial charge in [-0.1, -0.05) is 97.1 Å². The molecule has 0 unspecified atom stereocenters. The zero-order valence-electron chi connectivity index (χ0n) is 27.4. The topological polar surface area (TPSA) is 146 Å². The van der Waals surface area contributed by atoms with Crippen LogP contribution in [0.1, 0.15) is 26.3 Å². The molecule has 0 spiro atoms. The molecule has 12 heteroatoms. The van der Waals surface area contributed by atoms with Gasteiger partial charge in [-0.2, -0.15) is 0 Å². The second kappa shape index (κ2) is 11.6. The predicted octanol–water partition coefficient (Wildman–Crippen LogP) is 7.66. The van der Waals surface area contributed by atoms with E-state index in [4.69, 9.17) is 29.9 Å². The van der Waals surface area contributed by atoms with E-state index in [0.29, 0.717) is 57.0 Å². The molecule has 53 heavy (non-hydrogen) atoms. The van der Waals surface area contributed by atoms with E-state index in [2.05, 4.69) is 9.97 Å². The first-order valence-corrected chi connectivity index (χ1v) is 16.8. The summed E-state index contributed by atoms with van der Waals surface area (Å²) in [5, 5.41) is 3.36. The van der Waals surface area contributed by atoms with Gasteiger partial charge >= 0.3 is 0 Å². The number of aromatic amines is 2. The Morgan fingerprint density at radius 1 is 0.415 bits per heavy atom. The van der Waals surface area contributed by atoms with Crippen molar-refractivity contribution in [1.82, 2.24) is 44.8 Å². The van der Waals surface area contributed by atoms with Gasteiger partial charge in [-0.3, -0.25) is 14.5 Å². The number of H-pyrrole nitrogens is 2. The maximum Gasteiger partial charge on any atom is 0.261 e. The summed E-state index contributed by atoms with van der Waals surface area (Å²) in [6.45, 7) is 0.103. The Kier molecular flexibility index (Phi) is 6.75. The SMILES string of the molecule is O=C1c2ccccc2C(=O)N1Cc1ccc2c3nc4nc(nc5[nH]c(nc6nc(nc([nH]3)c2c1)-c1ccccc1-6)c1ccccc51)-c1ccccc1-4.[Cu]. The van der Waals surface area contributed by atoms with Gasteiger partial charge in [-0.05, 0) is 23.8 Å². The number of amides is 2. The van der Waals surface area contributed by atoms with Crippen LogP contribution >= 0.6 is 0 Å². The molecular formula is C41H23CuN9O2. The average molecular weight is 737 g/mol. The van der Waals surface area contributed by atoms with Crippen LogP contribution in [0.4, 0.5) is 0 Å². The molecule has 2 amide bonds. The summed E-state index contributed by atoms with van der Waals surface area (Å²) in [6, 6.07) is 36.4. The van der Waals surface area contributed by atoms with Crippen LogP contribution < -0.4 is 0 Å². The van der Waals surface area contributed by atoms with E-state index in [1.807, 2.05) is 91.0 Å². The number of carbonyl (C=O) groups excluding carboxylic acids is 2. The van der Waals surface area contributed by atoms with E-state index in [1.165, 1.54) is 4.90 Å². The van der Waals surface area contributed by atoms with Gasteiger partial charge in [-0.15, -0.1) is 0 Å². The average Bonchev–Trinajstić information content (AvgIpc) is 3.96. The molecule has 2 N–H and O–H groups in total. The molecular weight excluding hydrogens is 714 g/mol. The first kappa shape index (κ1) is 30.9. The monoisotopic (exact) mass is 736 g/mol. The van der Waals surface area contributed by atoms with Gasteiger partial charge in [0.05, 0.1) is 17.7 Å². The van der Waals surface area contributed by atoms with Gasteiger partial charge in [0.25, 0.3) is 11.8 Å². The Hall–Kier alpha value is -6.88. The summed E-state index contributed by atoms with van der Waals surface area (Å²) in [4.78, 5) is 64.9. The fraction of sp³-hybridized carbons (Fsp3) is 0.0244. The van der Waals surface area contributed by atoms with Gasteiger partial charge in [0.15, 0.2) is 23.3 Å². The van der Waals surface area contributed by atoms with Gasteiger partial charge in [0, 0.05) is 60.9 Å². The Labute approximate surface area is 310 Å². The van der Waals surface area contributed by atoms with Crippen molar-refractivity contribution in [2.45, 2.75) is 6.54 Å². The molecule has 8 bridgehead atoms. The fourth-order valence-electron chi connectivity index (χ4n) is 7.35. The summed E-state index contributed by atoms with van der Waals surface area (Å²) in [7, 11) is 0. The summed E-state index contributed by atoms with van der Waals surface area (Å²) in [5.74, 6) is 1.42. The third kappa shape index (κ3) is 4.66. The molecule has 11 nitrogen and oxygen atoms in total. The summed E-state index contributed by atoms with van der Waals surface area (Å²) in [6.07, 6.45) is 0. The van der Waals surface area contributed by atoms with E-state index in [1.54, 1.807) is 24.3 Å². The number of hydrogen-bond acceptors (Lipinski definition) is 8. The predicted molar refractivity (Wildman–Crippen MR) is 197 cm³/mol. The number of aromatic nitrogens is 8. The fourth-order valence-corrected chi connectivity index (χ4v) is 7.35. The zero-order chi connectivity index (χ0) is 34.5. The Bertz CT molecular complexity index is 3040. The maximum absolute atomic E-state index is 13.3. The molecule has 0 fully saturated rings. The number of rotatable bonds is 2. The summed E-state index contributed by atoms with van der Waals surface area (Å²) >= 11 is 0. The molecule has 8 aromatic rings. The van der Waals surface area contributed by atoms with Crippen molar-refractivity contribution >= 4 is 55.9 Å². The molecule has 5 aromatic carbocycles. The van der Waals surface area contributed by atoms with Crippen molar-refractivity contribution in [3.63, 3.8) is 0 Å². The normalized spacial score (nSPS) is 12.9.